The van der Waals surface area contributed by atoms with E-state index >= 15 is 0 Å². The smallest absolute Gasteiger partial charge is 0.138 e. The number of nitrogen functional groups attached to an aromatic ring is 1. The normalized spacial score (nSPS) is 11.1. The highest BCUT2D eigenvalue weighted by molar-refractivity contribution is 9.10. The van der Waals surface area contributed by atoms with Crippen molar-refractivity contribution in [1.29, 1.82) is 0 Å². The number of aromatic amines is 1. The summed E-state index contributed by atoms with van der Waals surface area (Å²) < 4.78 is 0.949. The number of nitrogens with two attached hydrogens (primary N) is 1. The summed E-state index contributed by atoms with van der Waals surface area (Å²) in [6.07, 6.45) is 2.06. The summed E-state index contributed by atoms with van der Waals surface area (Å²) in [5.41, 5.74) is 9.46. The summed E-state index contributed by atoms with van der Waals surface area (Å²) in [7, 11) is 0. The number of anilines is 1. The third-order valence-electron chi connectivity index (χ3n) is 2.94. The highest BCUT2D eigenvalue weighted by Gasteiger charge is 2.08. The van der Waals surface area contributed by atoms with Crippen molar-refractivity contribution in [2.45, 2.75) is 4.90 Å². The highest BCUT2D eigenvalue weighted by atomic mass is 79.9. The van der Waals surface area contributed by atoms with Crippen LogP contribution < -0.4 is 5.73 Å². The number of nitrogens with zero attached hydrogens (tertiary/aromatic N) is 1. The number of halogens is 1. The molecule has 2 aromatic carbocycles. The number of imidazole rings is 1. The van der Waals surface area contributed by atoms with Gasteiger partial charge in [-0.2, -0.15) is 0 Å². The molecule has 19 heavy (non-hydrogen) atoms. The summed E-state index contributed by atoms with van der Waals surface area (Å²) in [6.45, 7) is 0. The summed E-state index contributed by atoms with van der Waals surface area (Å²) in [5, 5.41) is 0. The number of fused-ring (bicyclic) bond motifs is 1. The van der Waals surface area contributed by atoms with E-state index in [0.717, 1.165) is 26.9 Å². The largest absolute Gasteiger partial charge is 0.397 e. The first kappa shape index (κ1) is 12.6. The lowest BCUT2D eigenvalue weighted by Gasteiger charge is -1.98. The Hall–Kier alpha value is -1.46. The maximum atomic E-state index is 5.98. The van der Waals surface area contributed by atoms with E-state index in [2.05, 4.69) is 56.4 Å². The van der Waals surface area contributed by atoms with Gasteiger partial charge in [0, 0.05) is 14.9 Å². The van der Waals surface area contributed by atoms with E-state index in [0.29, 0.717) is 5.69 Å². The minimum Gasteiger partial charge on any atom is -0.397 e. The lowest BCUT2D eigenvalue weighted by Crippen LogP contribution is -1.86. The van der Waals surface area contributed by atoms with Gasteiger partial charge in [-0.15, -0.1) is 11.8 Å². The zero-order chi connectivity index (χ0) is 13.4. The highest BCUT2D eigenvalue weighted by Crippen LogP contribution is 2.28. The number of thioether (sulfide) groups is 1. The van der Waals surface area contributed by atoms with Crippen LogP contribution in [0.3, 0.4) is 0 Å². The number of nitrogens with one attached hydrogen (secondary N) is 1. The van der Waals surface area contributed by atoms with Crippen molar-refractivity contribution in [3.8, 4) is 11.4 Å². The second kappa shape index (κ2) is 4.90. The SMILES string of the molecule is CSc1ccc(-c2nc3c(N)cc(Br)cc3[nH]2)cc1. The van der Waals surface area contributed by atoms with E-state index in [-0.39, 0.29) is 0 Å². The van der Waals surface area contributed by atoms with E-state index in [1.54, 1.807) is 11.8 Å². The molecule has 3 aromatic rings. The number of rotatable bonds is 2. The number of hydrogen-bond acceptors (Lipinski definition) is 3. The molecule has 0 unspecified atom stereocenters. The van der Waals surface area contributed by atoms with Crippen molar-refractivity contribution in [3.63, 3.8) is 0 Å². The maximum Gasteiger partial charge on any atom is 0.138 e. The minimum atomic E-state index is 0.674. The van der Waals surface area contributed by atoms with Crippen LogP contribution in [0.4, 0.5) is 5.69 Å². The Morgan fingerprint density at radius 2 is 1.95 bits per heavy atom. The third kappa shape index (κ3) is 2.35. The van der Waals surface area contributed by atoms with Gasteiger partial charge in [0.2, 0.25) is 0 Å². The fraction of sp³-hybridized carbons (Fsp3) is 0.0714. The number of benzene rings is 2. The Labute approximate surface area is 123 Å². The molecule has 0 saturated carbocycles. The molecule has 0 fully saturated rings. The molecule has 5 heteroatoms. The zero-order valence-electron chi connectivity index (χ0n) is 10.3. The summed E-state index contributed by atoms with van der Waals surface area (Å²) >= 11 is 5.16. The summed E-state index contributed by atoms with van der Waals surface area (Å²) in [6, 6.07) is 12.2. The molecule has 1 heterocycles. The topological polar surface area (TPSA) is 54.7 Å². The van der Waals surface area contributed by atoms with Gasteiger partial charge < -0.3 is 10.7 Å². The average Bonchev–Trinajstić information content (AvgIpc) is 2.83. The Morgan fingerprint density at radius 3 is 2.63 bits per heavy atom. The molecule has 0 aliphatic heterocycles. The molecule has 3 nitrogen and oxygen atoms in total. The first-order valence-corrected chi connectivity index (χ1v) is 7.78. The lowest BCUT2D eigenvalue weighted by atomic mass is 10.2. The molecular formula is C14H12BrN3S. The number of H-pyrrole nitrogens is 1. The van der Waals surface area contributed by atoms with Gasteiger partial charge in [0.05, 0.1) is 11.2 Å². The predicted molar refractivity (Wildman–Crippen MR) is 85.4 cm³/mol. The molecule has 3 rings (SSSR count). The van der Waals surface area contributed by atoms with Crippen molar-refractivity contribution in [1.82, 2.24) is 9.97 Å². The third-order valence-corrected chi connectivity index (χ3v) is 4.15. The van der Waals surface area contributed by atoms with E-state index in [1.807, 2.05) is 12.1 Å². The average molecular weight is 334 g/mol. The Morgan fingerprint density at radius 1 is 1.21 bits per heavy atom. The summed E-state index contributed by atoms with van der Waals surface area (Å²) in [4.78, 5) is 9.11. The van der Waals surface area contributed by atoms with Crippen molar-refractivity contribution in [2.24, 2.45) is 0 Å². The zero-order valence-corrected chi connectivity index (χ0v) is 12.7. The van der Waals surface area contributed by atoms with Crippen molar-refractivity contribution in [3.05, 3.63) is 40.9 Å². The van der Waals surface area contributed by atoms with Crippen LogP contribution in [-0.4, -0.2) is 16.2 Å². The van der Waals surface area contributed by atoms with Gasteiger partial charge in [0.25, 0.3) is 0 Å². The second-order valence-corrected chi connectivity index (χ2v) is 6.00. The molecule has 1 aromatic heterocycles. The van der Waals surface area contributed by atoms with Crippen LogP contribution in [0.15, 0.2) is 45.8 Å². The molecule has 3 N–H and O–H groups in total. The van der Waals surface area contributed by atoms with Crippen LogP contribution in [0.1, 0.15) is 0 Å². The Balaban J connectivity index is 2.12. The van der Waals surface area contributed by atoms with E-state index < -0.39 is 0 Å². The first-order valence-electron chi connectivity index (χ1n) is 5.76. The molecule has 0 atom stereocenters. The lowest BCUT2D eigenvalue weighted by molar-refractivity contribution is 1.32. The fourth-order valence-corrected chi connectivity index (χ4v) is 2.88. The van der Waals surface area contributed by atoms with Gasteiger partial charge in [-0.05, 0) is 30.5 Å². The molecule has 96 valence electrons. The molecular weight excluding hydrogens is 322 g/mol. The Kier molecular flexibility index (Phi) is 3.24. The molecule has 0 radical (unpaired) electrons. The number of hydrogen-bond donors (Lipinski definition) is 2. The van der Waals surface area contributed by atoms with Gasteiger partial charge in [-0.3, -0.25) is 0 Å². The predicted octanol–water partition coefficient (Wildman–Crippen LogP) is 4.30. The van der Waals surface area contributed by atoms with Crippen LogP contribution in [0.5, 0.6) is 0 Å². The van der Waals surface area contributed by atoms with E-state index in [4.69, 9.17) is 5.73 Å². The van der Waals surface area contributed by atoms with Crippen molar-refractivity contribution in [2.75, 3.05) is 12.0 Å². The van der Waals surface area contributed by atoms with Gasteiger partial charge in [0.1, 0.15) is 11.3 Å². The maximum absolute atomic E-state index is 5.98. The molecule has 0 amide bonds. The minimum absolute atomic E-state index is 0.674. The van der Waals surface area contributed by atoms with Crippen molar-refractivity contribution >= 4 is 44.4 Å². The van der Waals surface area contributed by atoms with E-state index in [1.165, 1.54) is 4.90 Å². The van der Waals surface area contributed by atoms with Gasteiger partial charge in [-0.1, -0.05) is 28.1 Å². The Bertz CT molecular complexity index is 734. The number of aromatic nitrogens is 2. The van der Waals surface area contributed by atoms with Crippen LogP contribution in [0, 0.1) is 0 Å². The van der Waals surface area contributed by atoms with Crippen molar-refractivity contribution < 1.29 is 0 Å². The first-order chi connectivity index (χ1) is 9.17. The molecule has 0 spiro atoms. The van der Waals surface area contributed by atoms with Crippen LogP contribution in [0.2, 0.25) is 0 Å². The van der Waals surface area contributed by atoms with Crippen LogP contribution >= 0.6 is 27.7 Å². The van der Waals surface area contributed by atoms with Crippen LogP contribution in [0.25, 0.3) is 22.4 Å². The van der Waals surface area contributed by atoms with Gasteiger partial charge in [-0.25, -0.2) is 4.98 Å². The van der Waals surface area contributed by atoms with Gasteiger partial charge in [0.15, 0.2) is 0 Å². The van der Waals surface area contributed by atoms with Gasteiger partial charge >= 0.3 is 0 Å². The molecule has 0 bridgehead atoms. The molecule has 0 aliphatic carbocycles. The fourth-order valence-electron chi connectivity index (χ4n) is 1.99. The monoisotopic (exact) mass is 333 g/mol. The summed E-state index contributed by atoms with van der Waals surface area (Å²) in [5.74, 6) is 0.840. The van der Waals surface area contributed by atoms with Crippen LogP contribution in [-0.2, 0) is 0 Å². The standard InChI is InChI=1S/C14H12BrN3S/c1-19-10-4-2-8(3-5-10)14-17-12-7-9(15)6-11(16)13(12)18-14/h2-7H,16H2,1H3,(H,17,18). The molecule has 0 saturated heterocycles. The second-order valence-electron chi connectivity index (χ2n) is 4.21. The quantitative estimate of drug-likeness (QED) is 0.543. The molecule has 0 aliphatic rings. The van der Waals surface area contributed by atoms with E-state index in [9.17, 15) is 0 Å².